The van der Waals surface area contributed by atoms with Crippen molar-refractivity contribution in [3.05, 3.63) is 40.1 Å². The number of carbonyl (C=O) groups is 1. The monoisotopic (exact) mass is 324 g/mol. The maximum Gasteiger partial charge on any atom is 0.358 e. The number of benzene rings is 1. The van der Waals surface area contributed by atoms with Crippen LogP contribution in [-0.2, 0) is 6.54 Å². The fourth-order valence-electron chi connectivity index (χ4n) is 1.61. The Balaban J connectivity index is 1.92. The molecule has 0 unspecified atom stereocenters. The van der Waals surface area contributed by atoms with Crippen molar-refractivity contribution in [1.82, 2.24) is 15.0 Å². The number of anilines is 1. The lowest BCUT2D eigenvalue weighted by Gasteiger charge is -2.10. The maximum absolute atomic E-state index is 10.7. The Labute approximate surface area is 118 Å². The second kappa shape index (κ2) is 5.83. The second-order valence-electron chi connectivity index (χ2n) is 4.01. The number of carboxylic acids is 1. The van der Waals surface area contributed by atoms with Gasteiger partial charge in [0.2, 0.25) is 0 Å². The predicted octanol–water partition coefficient (Wildman–Crippen LogP) is 2.16. The van der Waals surface area contributed by atoms with Crippen LogP contribution in [0.2, 0.25) is 0 Å². The summed E-state index contributed by atoms with van der Waals surface area (Å²) in [7, 11) is 0. The molecule has 2 aromatic rings. The van der Waals surface area contributed by atoms with E-state index in [2.05, 4.69) is 31.6 Å². The van der Waals surface area contributed by atoms with Crippen LogP contribution in [0.3, 0.4) is 0 Å². The molecule has 19 heavy (non-hydrogen) atoms. The van der Waals surface area contributed by atoms with E-state index in [0.29, 0.717) is 13.1 Å². The smallest absolute Gasteiger partial charge is 0.358 e. The summed E-state index contributed by atoms with van der Waals surface area (Å²) >= 11 is 3.47. The van der Waals surface area contributed by atoms with E-state index in [0.717, 1.165) is 15.7 Å². The van der Waals surface area contributed by atoms with Crippen LogP contribution in [0.15, 0.2) is 28.9 Å². The number of hydrogen-bond acceptors (Lipinski definition) is 4. The van der Waals surface area contributed by atoms with E-state index in [4.69, 9.17) is 5.11 Å². The molecule has 7 heteroatoms. The molecule has 6 nitrogen and oxygen atoms in total. The lowest BCUT2D eigenvalue weighted by Crippen LogP contribution is -2.11. The van der Waals surface area contributed by atoms with E-state index in [1.165, 1.54) is 10.9 Å². The molecule has 1 heterocycles. The average Bonchev–Trinajstić information content (AvgIpc) is 2.83. The SMILES string of the molecule is Cc1c(Br)cccc1NCCn1cc(C(=O)O)nn1. The maximum atomic E-state index is 10.7. The molecule has 2 N–H and O–H groups in total. The third-order valence-corrected chi connectivity index (χ3v) is 3.54. The summed E-state index contributed by atoms with van der Waals surface area (Å²) < 4.78 is 2.55. The number of hydrogen-bond donors (Lipinski definition) is 2. The first-order valence-electron chi connectivity index (χ1n) is 5.70. The van der Waals surface area contributed by atoms with Crippen LogP contribution in [0.1, 0.15) is 16.1 Å². The highest BCUT2D eigenvalue weighted by molar-refractivity contribution is 9.10. The van der Waals surface area contributed by atoms with Crippen molar-refractivity contribution >= 4 is 27.6 Å². The van der Waals surface area contributed by atoms with E-state index in [-0.39, 0.29) is 5.69 Å². The molecule has 1 aromatic heterocycles. The Morgan fingerprint density at radius 3 is 3.00 bits per heavy atom. The van der Waals surface area contributed by atoms with E-state index in [9.17, 15) is 4.79 Å². The molecule has 2 rings (SSSR count). The van der Waals surface area contributed by atoms with E-state index < -0.39 is 5.97 Å². The molecule has 0 bridgehead atoms. The average molecular weight is 325 g/mol. The number of nitrogens with one attached hydrogen (secondary N) is 1. The zero-order valence-corrected chi connectivity index (χ0v) is 11.9. The molecular formula is C12H13BrN4O2. The molecule has 100 valence electrons. The zero-order valence-electron chi connectivity index (χ0n) is 10.3. The summed E-state index contributed by atoms with van der Waals surface area (Å²) in [5.74, 6) is -1.07. The van der Waals surface area contributed by atoms with Gasteiger partial charge in [-0.25, -0.2) is 9.48 Å². The highest BCUT2D eigenvalue weighted by Crippen LogP contribution is 2.23. The van der Waals surface area contributed by atoms with E-state index >= 15 is 0 Å². The van der Waals surface area contributed by atoms with Crippen LogP contribution in [0.25, 0.3) is 0 Å². The minimum Gasteiger partial charge on any atom is -0.476 e. The van der Waals surface area contributed by atoms with Crippen LogP contribution in [0.5, 0.6) is 0 Å². The molecule has 0 aliphatic rings. The van der Waals surface area contributed by atoms with Crippen molar-refractivity contribution in [3.8, 4) is 0 Å². The van der Waals surface area contributed by atoms with Crippen molar-refractivity contribution in [2.24, 2.45) is 0 Å². The first kappa shape index (κ1) is 13.5. The van der Waals surface area contributed by atoms with Gasteiger partial charge in [0, 0.05) is 16.7 Å². The van der Waals surface area contributed by atoms with Gasteiger partial charge < -0.3 is 10.4 Å². The van der Waals surface area contributed by atoms with Gasteiger partial charge >= 0.3 is 5.97 Å². The van der Waals surface area contributed by atoms with Crippen LogP contribution >= 0.6 is 15.9 Å². The first-order chi connectivity index (χ1) is 9.08. The first-order valence-corrected chi connectivity index (χ1v) is 6.49. The summed E-state index contributed by atoms with van der Waals surface area (Å²) in [6.45, 7) is 3.20. The quantitative estimate of drug-likeness (QED) is 0.881. The highest BCUT2D eigenvalue weighted by atomic mass is 79.9. The number of aromatic nitrogens is 3. The number of halogens is 1. The van der Waals surface area contributed by atoms with Gasteiger partial charge in [0.05, 0.1) is 12.7 Å². The van der Waals surface area contributed by atoms with Crippen molar-refractivity contribution < 1.29 is 9.90 Å². The molecule has 0 saturated heterocycles. The fraction of sp³-hybridized carbons (Fsp3) is 0.250. The molecule has 0 radical (unpaired) electrons. The minimum atomic E-state index is -1.07. The topological polar surface area (TPSA) is 80.0 Å². The molecule has 0 amide bonds. The third kappa shape index (κ3) is 3.31. The summed E-state index contributed by atoms with van der Waals surface area (Å²) in [6.07, 6.45) is 1.41. The molecule has 0 fully saturated rings. The number of rotatable bonds is 5. The van der Waals surface area contributed by atoms with Gasteiger partial charge in [-0.2, -0.15) is 0 Å². The molecule has 0 spiro atoms. The molecular weight excluding hydrogens is 312 g/mol. The standard InChI is InChI=1S/C12H13BrN4O2/c1-8-9(13)3-2-4-10(8)14-5-6-17-7-11(12(18)19)15-16-17/h2-4,7,14H,5-6H2,1H3,(H,18,19). The molecule has 0 atom stereocenters. The van der Waals surface area contributed by atoms with Crippen molar-refractivity contribution in [2.45, 2.75) is 13.5 Å². The molecule has 0 saturated carbocycles. The van der Waals surface area contributed by atoms with E-state index in [1.54, 1.807) is 0 Å². The van der Waals surface area contributed by atoms with Crippen molar-refractivity contribution in [1.29, 1.82) is 0 Å². The van der Waals surface area contributed by atoms with Gasteiger partial charge in [-0.3, -0.25) is 0 Å². The Kier molecular flexibility index (Phi) is 4.16. The Hall–Kier alpha value is -1.89. The fourth-order valence-corrected chi connectivity index (χ4v) is 1.98. The Morgan fingerprint density at radius 2 is 2.32 bits per heavy atom. The van der Waals surface area contributed by atoms with Gasteiger partial charge in [-0.1, -0.05) is 27.2 Å². The van der Waals surface area contributed by atoms with Gasteiger partial charge in [-0.15, -0.1) is 5.10 Å². The normalized spacial score (nSPS) is 10.4. The minimum absolute atomic E-state index is 0.0429. The number of aromatic carboxylic acids is 1. The molecule has 0 aliphatic carbocycles. The lowest BCUT2D eigenvalue weighted by atomic mass is 10.2. The number of nitrogens with zero attached hydrogens (tertiary/aromatic N) is 3. The van der Waals surface area contributed by atoms with Crippen LogP contribution < -0.4 is 5.32 Å². The van der Waals surface area contributed by atoms with Crippen LogP contribution in [-0.4, -0.2) is 32.6 Å². The zero-order chi connectivity index (χ0) is 13.8. The number of carboxylic acid groups (broad SMARTS) is 1. The molecule has 0 aliphatic heterocycles. The van der Waals surface area contributed by atoms with Crippen molar-refractivity contribution in [3.63, 3.8) is 0 Å². The summed E-state index contributed by atoms with van der Waals surface area (Å²) in [6, 6.07) is 5.93. The highest BCUT2D eigenvalue weighted by Gasteiger charge is 2.07. The van der Waals surface area contributed by atoms with E-state index in [1.807, 2.05) is 25.1 Å². The van der Waals surface area contributed by atoms with Crippen molar-refractivity contribution in [2.75, 3.05) is 11.9 Å². The third-order valence-electron chi connectivity index (χ3n) is 2.68. The predicted molar refractivity (Wildman–Crippen MR) is 74.4 cm³/mol. The largest absolute Gasteiger partial charge is 0.476 e. The van der Waals surface area contributed by atoms with Gasteiger partial charge in [0.1, 0.15) is 0 Å². The Morgan fingerprint density at radius 1 is 1.53 bits per heavy atom. The summed E-state index contributed by atoms with van der Waals surface area (Å²) in [4.78, 5) is 10.7. The van der Waals surface area contributed by atoms with Gasteiger partial charge in [-0.05, 0) is 24.6 Å². The lowest BCUT2D eigenvalue weighted by molar-refractivity contribution is 0.0690. The van der Waals surface area contributed by atoms with Gasteiger partial charge in [0.25, 0.3) is 0 Å². The molecule has 1 aromatic carbocycles. The van der Waals surface area contributed by atoms with Crippen LogP contribution in [0, 0.1) is 6.92 Å². The summed E-state index contributed by atoms with van der Waals surface area (Å²) in [5.41, 5.74) is 2.12. The second-order valence-corrected chi connectivity index (χ2v) is 4.87. The van der Waals surface area contributed by atoms with Gasteiger partial charge in [0.15, 0.2) is 5.69 Å². The Bertz CT molecular complexity index is 597. The van der Waals surface area contributed by atoms with Crippen LogP contribution in [0.4, 0.5) is 5.69 Å². The summed E-state index contributed by atoms with van der Waals surface area (Å²) in [5, 5.41) is 19.3.